The third-order valence-corrected chi connectivity index (χ3v) is 4.54. The molecule has 22 heavy (non-hydrogen) atoms. The Hall–Kier alpha value is -1.98. The van der Waals surface area contributed by atoms with Crippen molar-refractivity contribution in [3.63, 3.8) is 0 Å². The van der Waals surface area contributed by atoms with E-state index in [1.54, 1.807) is 11.3 Å². The Morgan fingerprint density at radius 3 is 2.55 bits per heavy atom. The zero-order chi connectivity index (χ0) is 15.5. The van der Waals surface area contributed by atoms with Crippen LogP contribution in [0.5, 0.6) is 0 Å². The van der Waals surface area contributed by atoms with Gasteiger partial charge in [0.2, 0.25) is 0 Å². The van der Waals surface area contributed by atoms with Gasteiger partial charge in [0.1, 0.15) is 0 Å². The van der Waals surface area contributed by atoms with Crippen LogP contribution < -0.4 is 5.32 Å². The molecule has 114 valence electrons. The van der Waals surface area contributed by atoms with E-state index >= 15 is 0 Å². The lowest BCUT2D eigenvalue weighted by molar-refractivity contribution is 0.676. The third-order valence-electron chi connectivity index (χ3n) is 3.72. The number of aryl methyl sites for hydroxylation is 2. The molecular formula is C17H20N4S. The van der Waals surface area contributed by atoms with E-state index in [-0.39, 0.29) is 0 Å². The van der Waals surface area contributed by atoms with Gasteiger partial charge in [0.25, 0.3) is 0 Å². The van der Waals surface area contributed by atoms with Crippen LogP contribution in [-0.2, 0) is 13.1 Å². The largest absolute Gasteiger partial charge is 0.307 e. The first kappa shape index (κ1) is 14.9. The van der Waals surface area contributed by atoms with Gasteiger partial charge in [0, 0.05) is 29.7 Å². The molecule has 4 nitrogen and oxygen atoms in total. The van der Waals surface area contributed by atoms with Crippen molar-refractivity contribution >= 4 is 11.3 Å². The Morgan fingerprint density at radius 2 is 1.86 bits per heavy atom. The van der Waals surface area contributed by atoms with Crippen molar-refractivity contribution < 1.29 is 0 Å². The molecule has 0 aliphatic rings. The van der Waals surface area contributed by atoms with Crippen molar-refractivity contribution in [2.24, 2.45) is 0 Å². The molecule has 0 saturated carbocycles. The van der Waals surface area contributed by atoms with Gasteiger partial charge in [-0.3, -0.25) is 0 Å². The Kier molecular flexibility index (Phi) is 4.36. The summed E-state index contributed by atoms with van der Waals surface area (Å²) in [6.07, 6.45) is 0. The van der Waals surface area contributed by atoms with E-state index < -0.39 is 0 Å². The number of para-hydroxylation sites is 1. The van der Waals surface area contributed by atoms with Crippen LogP contribution in [0.4, 0.5) is 0 Å². The van der Waals surface area contributed by atoms with Crippen molar-refractivity contribution in [3.8, 4) is 5.69 Å². The fourth-order valence-corrected chi connectivity index (χ4v) is 3.17. The highest BCUT2D eigenvalue weighted by molar-refractivity contribution is 7.09. The Balaban J connectivity index is 1.73. The summed E-state index contributed by atoms with van der Waals surface area (Å²) >= 11 is 1.69. The minimum Gasteiger partial charge on any atom is -0.307 e. The van der Waals surface area contributed by atoms with Crippen LogP contribution >= 0.6 is 11.3 Å². The van der Waals surface area contributed by atoms with E-state index in [0.717, 1.165) is 35.2 Å². The summed E-state index contributed by atoms with van der Waals surface area (Å²) in [6.45, 7) is 7.82. The number of aromatic nitrogens is 3. The summed E-state index contributed by atoms with van der Waals surface area (Å²) in [5.41, 5.74) is 5.72. The SMILES string of the molecule is Cc1nc(CNCc2c(C)nn(-c3ccccc3)c2C)cs1. The molecule has 3 aromatic rings. The molecule has 0 aliphatic carbocycles. The highest BCUT2D eigenvalue weighted by Gasteiger charge is 2.12. The van der Waals surface area contributed by atoms with Gasteiger partial charge < -0.3 is 5.32 Å². The molecular weight excluding hydrogens is 292 g/mol. The molecule has 2 heterocycles. The van der Waals surface area contributed by atoms with Gasteiger partial charge >= 0.3 is 0 Å². The van der Waals surface area contributed by atoms with Crippen LogP contribution in [0.2, 0.25) is 0 Å². The summed E-state index contributed by atoms with van der Waals surface area (Å²) < 4.78 is 2.01. The molecule has 0 amide bonds. The van der Waals surface area contributed by atoms with Crippen molar-refractivity contribution in [1.29, 1.82) is 0 Å². The molecule has 0 bridgehead atoms. The topological polar surface area (TPSA) is 42.7 Å². The minimum absolute atomic E-state index is 0.791. The number of nitrogens with zero attached hydrogens (tertiary/aromatic N) is 3. The van der Waals surface area contributed by atoms with Crippen molar-refractivity contribution in [3.05, 3.63) is 63.4 Å². The van der Waals surface area contributed by atoms with E-state index in [1.807, 2.05) is 29.8 Å². The molecule has 5 heteroatoms. The fraction of sp³-hybridized carbons (Fsp3) is 0.294. The molecule has 0 saturated heterocycles. The second-order valence-electron chi connectivity index (χ2n) is 5.36. The molecule has 1 aromatic carbocycles. The lowest BCUT2D eigenvalue weighted by Crippen LogP contribution is -2.14. The van der Waals surface area contributed by atoms with Crippen LogP contribution in [0, 0.1) is 20.8 Å². The number of rotatable bonds is 5. The second-order valence-corrected chi connectivity index (χ2v) is 6.42. The predicted molar refractivity (Wildman–Crippen MR) is 90.4 cm³/mol. The molecule has 0 spiro atoms. The van der Waals surface area contributed by atoms with Gasteiger partial charge in [-0.15, -0.1) is 11.3 Å². The molecule has 3 rings (SSSR count). The maximum atomic E-state index is 4.67. The quantitative estimate of drug-likeness (QED) is 0.783. The molecule has 0 atom stereocenters. The van der Waals surface area contributed by atoms with Crippen LogP contribution in [0.3, 0.4) is 0 Å². The summed E-state index contributed by atoms with van der Waals surface area (Å²) in [5, 5.41) is 11.4. The van der Waals surface area contributed by atoms with E-state index in [1.165, 1.54) is 11.3 Å². The van der Waals surface area contributed by atoms with Gasteiger partial charge in [-0.05, 0) is 32.9 Å². The Bertz CT molecular complexity index is 758. The third kappa shape index (κ3) is 3.10. The van der Waals surface area contributed by atoms with Gasteiger partial charge in [-0.2, -0.15) is 5.10 Å². The van der Waals surface area contributed by atoms with Crippen molar-refractivity contribution in [2.45, 2.75) is 33.9 Å². The number of nitrogens with one attached hydrogen (secondary N) is 1. The first-order valence-electron chi connectivity index (χ1n) is 7.37. The zero-order valence-electron chi connectivity index (χ0n) is 13.1. The molecule has 2 aromatic heterocycles. The average molecular weight is 312 g/mol. The molecule has 0 radical (unpaired) electrons. The first-order valence-corrected chi connectivity index (χ1v) is 8.25. The van der Waals surface area contributed by atoms with E-state index in [0.29, 0.717) is 0 Å². The van der Waals surface area contributed by atoms with Crippen molar-refractivity contribution in [2.75, 3.05) is 0 Å². The second kappa shape index (κ2) is 6.42. The molecule has 0 unspecified atom stereocenters. The zero-order valence-corrected chi connectivity index (χ0v) is 13.9. The highest BCUT2D eigenvalue weighted by Crippen LogP contribution is 2.18. The smallest absolute Gasteiger partial charge is 0.0897 e. The van der Waals surface area contributed by atoms with Crippen LogP contribution in [0.15, 0.2) is 35.7 Å². The lowest BCUT2D eigenvalue weighted by atomic mass is 10.2. The summed E-state index contributed by atoms with van der Waals surface area (Å²) in [4.78, 5) is 4.47. The van der Waals surface area contributed by atoms with Crippen molar-refractivity contribution in [1.82, 2.24) is 20.1 Å². The van der Waals surface area contributed by atoms with Gasteiger partial charge in [0.05, 0.1) is 22.1 Å². The molecule has 1 N–H and O–H groups in total. The van der Waals surface area contributed by atoms with Crippen LogP contribution in [-0.4, -0.2) is 14.8 Å². The summed E-state index contributed by atoms with van der Waals surface area (Å²) in [5.74, 6) is 0. The molecule has 0 fully saturated rings. The maximum absolute atomic E-state index is 4.67. The van der Waals surface area contributed by atoms with Gasteiger partial charge in [0.15, 0.2) is 0 Å². The van der Waals surface area contributed by atoms with E-state index in [4.69, 9.17) is 0 Å². The monoisotopic (exact) mass is 312 g/mol. The van der Waals surface area contributed by atoms with Crippen LogP contribution in [0.25, 0.3) is 5.69 Å². The number of benzene rings is 1. The number of hydrogen-bond donors (Lipinski definition) is 1. The van der Waals surface area contributed by atoms with E-state index in [2.05, 4.69) is 46.8 Å². The highest BCUT2D eigenvalue weighted by atomic mass is 32.1. The van der Waals surface area contributed by atoms with Gasteiger partial charge in [-0.25, -0.2) is 9.67 Å². The Morgan fingerprint density at radius 1 is 1.09 bits per heavy atom. The molecule has 0 aliphatic heterocycles. The lowest BCUT2D eigenvalue weighted by Gasteiger charge is -2.06. The summed E-state index contributed by atoms with van der Waals surface area (Å²) in [6, 6.07) is 10.2. The standard InChI is InChI=1S/C17H20N4S/c1-12-17(10-18-9-15-11-22-14(3)19-15)13(2)21(20-12)16-7-5-4-6-8-16/h4-8,11,18H,9-10H2,1-3H3. The average Bonchev–Trinajstić information content (AvgIpc) is 3.06. The number of hydrogen-bond acceptors (Lipinski definition) is 4. The van der Waals surface area contributed by atoms with E-state index in [9.17, 15) is 0 Å². The van der Waals surface area contributed by atoms with Gasteiger partial charge in [-0.1, -0.05) is 18.2 Å². The Labute approximate surface area is 134 Å². The fourth-order valence-electron chi connectivity index (χ4n) is 2.56. The predicted octanol–water partition coefficient (Wildman–Crippen LogP) is 3.54. The van der Waals surface area contributed by atoms with Crippen LogP contribution in [0.1, 0.15) is 27.7 Å². The minimum atomic E-state index is 0.791. The summed E-state index contributed by atoms with van der Waals surface area (Å²) in [7, 11) is 0. The number of thiazole rings is 1. The first-order chi connectivity index (χ1) is 10.6. The normalized spacial score (nSPS) is 11.0. The maximum Gasteiger partial charge on any atom is 0.0897 e.